The fraction of sp³-hybridized carbons (Fsp3) is 0.231. The van der Waals surface area contributed by atoms with Crippen LogP contribution in [0.15, 0.2) is 46.2 Å². The van der Waals surface area contributed by atoms with Gasteiger partial charge in [0.1, 0.15) is 0 Å². The van der Waals surface area contributed by atoms with Gasteiger partial charge in [-0.1, -0.05) is 26.0 Å². The molecule has 4 heteroatoms. The third-order valence-electron chi connectivity index (χ3n) is 2.69. The van der Waals surface area contributed by atoms with Crippen LogP contribution in [0.3, 0.4) is 0 Å². The van der Waals surface area contributed by atoms with E-state index in [-0.39, 0.29) is 0 Å². The molecule has 1 N–H and O–H groups in total. The van der Waals surface area contributed by atoms with Crippen LogP contribution in [-0.2, 0) is 0 Å². The molecule has 88 valence electrons. The van der Waals surface area contributed by atoms with E-state index < -0.39 is 11.1 Å². The number of hydrogen-bond acceptors (Lipinski definition) is 2. The summed E-state index contributed by atoms with van der Waals surface area (Å²) in [5, 5.41) is 0. The van der Waals surface area contributed by atoms with Crippen molar-refractivity contribution in [2.24, 2.45) is 0 Å². The fourth-order valence-corrected chi connectivity index (χ4v) is 1.65. The molecule has 1 aromatic heterocycles. The van der Waals surface area contributed by atoms with E-state index in [9.17, 15) is 9.59 Å². The highest BCUT2D eigenvalue weighted by molar-refractivity contribution is 5.35. The Hall–Kier alpha value is -2.10. The van der Waals surface area contributed by atoms with Crippen LogP contribution >= 0.6 is 0 Å². The van der Waals surface area contributed by atoms with Crippen LogP contribution in [-0.4, -0.2) is 9.55 Å². The Morgan fingerprint density at radius 3 is 2.35 bits per heavy atom. The number of aromatic nitrogens is 2. The third-order valence-corrected chi connectivity index (χ3v) is 2.69. The monoisotopic (exact) mass is 230 g/mol. The molecule has 0 atom stereocenters. The molecule has 0 aliphatic heterocycles. The van der Waals surface area contributed by atoms with Crippen molar-refractivity contribution in [2.75, 3.05) is 0 Å². The van der Waals surface area contributed by atoms with Gasteiger partial charge in [-0.15, -0.1) is 0 Å². The van der Waals surface area contributed by atoms with E-state index in [0.717, 1.165) is 0 Å². The first-order chi connectivity index (χ1) is 8.09. The van der Waals surface area contributed by atoms with E-state index in [2.05, 4.69) is 18.8 Å². The second-order valence-electron chi connectivity index (χ2n) is 4.21. The van der Waals surface area contributed by atoms with Crippen molar-refractivity contribution in [1.29, 1.82) is 0 Å². The molecule has 0 unspecified atom stereocenters. The molecule has 2 aromatic rings. The molecule has 0 aliphatic carbocycles. The highest BCUT2D eigenvalue weighted by Gasteiger charge is 2.03. The van der Waals surface area contributed by atoms with Crippen molar-refractivity contribution in [3.05, 3.63) is 62.9 Å². The number of rotatable bonds is 2. The highest BCUT2D eigenvalue weighted by atomic mass is 16.2. The minimum absolute atomic E-state index is 0.444. The highest BCUT2D eigenvalue weighted by Crippen LogP contribution is 2.15. The van der Waals surface area contributed by atoms with Gasteiger partial charge in [0.15, 0.2) is 0 Å². The Labute approximate surface area is 98.6 Å². The van der Waals surface area contributed by atoms with Crippen LogP contribution in [0.1, 0.15) is 25.3 Å². The van der Waals surface area contributed by atoms with Gasteiger partial charge in [-0.25, -0.2) is 0 Å². The van der Waals surface area contributed by atoms with E-state index >= 15 is 0 Å². The number of H-pyrrole nitrogens is 1. The standard InChI is InChI=1S/C13H14N2O2/c1-9(2)10-3-5-11(6-4-10)15-8-7-14-12(16)13(15)17/h3-9H,1-2H3,(H,14,16). The van der Waals surface area contributed by atoms with Gasteiger partial charge in [-0.05, 0) is 23.6 Å². The van der Waals surface area contributed by atoms with Crippen molar-refractivity contribution in [3.63, 3.8) is 0 Å². The van der Waals surface area contributed by atoms with E-state index in [1.54, 1.807) is 6.20 Å². The molecular formula is C13H14N2O2. The SMILES string of the molecule is CC(C)c1ccc(-n2cc[nH]c(=O)c2=O)cc1. The summed E-state index contributed by atoms with van der Waals surface area (Å²) in [5.74, 6) is 0.444. The Bertz CT molecular complexity index is 621. The number of hydrogen-bond donors (Lipinski definition) is 1. The Kier molecular flexibility index (Phi) is 2.95. The maximum absolute atomic E-state index is 11.6. The summed E-state index contributed by atoms with van der Waals surface area (Å²) in [7, 11) is 0. The summed E-state index contributed by atoms with van der Waals surface area (Å²) in [4.78, 5) is 25.2. The molecule has 0 aliphatic rings. The molecule has 0 spiro atoms. The Morgan fingerprint density at radius 1 is 1.12 bits per heavy atom. The lowest BCUT2D eigenvalue weighted by Crippen LogP contribution is -2.34. The Balaban J connectivity index is 2.51. The summed E-state index contributed by atoms with van der Waals surface area (Å²) in [5.41, 5.74) is 0.724. The zero-order chi connectivity index (χ0) is 12.4. The van der Waals surface area contributed by atoms with E-state index in [0.29, 0.717) is 11.6 Å². The summed E-state index contributed by atoms with van der Waals surface area (Å²) in [6.07, 6.45) is 3.01. The molecule has 0 bridgehead atoms. The van der Waals surface area contributed by atoms with Crippen molar-refractivity contribution >= 4 is 0 Å². The van der Waals surface area contributed by atoms with Crippen molar-refractivity contribution in [3.8, 4) is 5.69 Å². The quantitative estimate of drug-likeness (QED) is 0.797. The van der Waals surface area contributed by atoms with Gasteiger partial charge < -0.3 is 4.98 Å². The molecule has 2 rings (SSSR count). The van der Waals surface area contributed by atoms with Gasteiger partial charge in [0.05, 0.1) is 0 Å². The maximum atomic E-state index is 11.6. The molecular weight excluding hydrogens is 216 g/mol. The number of nitrogens with one attached hydrogen (secondary N) is 1. The molecule has 0 saturated carbocycles. The number of aromatic amines is 1. The predicted molar refractivity (Wildman–Crippen MR) is 66.7 cm³/mol. The topological polar surface area (TPSA) is 54.9 Å². The van der Waals surface area contributed by atoms with Crippen molar-refractivity contribution < 1.29 is 0 Å². The van der Waals surface area contributed by atoms with Gasteiger partial charge in [-0.3, -0.25) is 14.2 Å². The third kappa shape index (κ3) is 2.20. The lowest BCUT2D eigenvalue weighted by atomic mass is 10.0. The van der Waals surface area contributed by atoms with Crippen molar-refractivity contribution in [2.45, 2.75) is 19.8 Å². The molecule has 4 nitrogen and oxygen atoms in total. The summed E-state index contributed by atoms with van der Waals surface area (Å²) >= 11 is 0. The molecule has 0 fully saturated rings. The van der Waals surface area contributed by atoms with Crippen LogP contribution in [0, 0.1) is 0 Å². The average Bonchev–Trinajstić information content (AvgIpc) is 2.33. The summed E-state index contributed by atoms with van der Waals surface area (Å²) in [6, 6.07) is 7.62. The first kappa shape index (κ1) is 11.4. The lowest BCUT2D eigenvalue weighted by molar-refractivity contribution is 0.862. The van der Waals surface area contributed by atoms with Crippen LogP contribution in [0.5, 0.6) is 0 Å². The molecule has 0 amide bonds. The number of benzene rings is 1. The molecule has 0 saturated heterocycles. The maximum Gasteiger partial charge on any atom is 0.320 e. The lowest BCUT2D eigenvalue weighted by Gasteiger charge is -2.08. The van der Waals surface area contributed by atoms with E-state index in [1.165, 1.54) is 16.3 Å². The van der Waals surface area contributed by atoms with Crippen LogP contribution < -0.4 is 11.1 Å². The van der Waals surface area contributed by atoms with E-state index in [1.807, 2.05) is 24.3 Å². The largest absolute Gasteiger partial charge is 0.323 e. The molecule has 17 heavy (non-hydrogen) atoms. The van der Waals surface area contributed by atoms with Gasteiger partial charge in [-0.2, -0.15) is 0 Å². The Morgan fingerprint density at radius 2 is 1.76 bits per heavy atom. The number of nitrogens with zero attached hydrogens (tertiary/aromatic N) is 1. The second kappa shape index (κ2) is 4.41. The zero-order valence-electron chi connectivity index (χ0n) is 9.81. The van der Waals surface area contributed by atoms with Crippen LogP contribution in [0.4, 0.5) is 0 Å². The predicted octanol–water partition coefficient (Wildman–Crippen LogP) is 1.65. The minimum atomic E-state index is -0.611. The van der Waals surface area contributed by atoms with Crippen LogP contribution in [0.2, 0.25) is 0 Å². The zero-order valence-corrected chi connectivity index (χ0v) is 9.81. The van der Waals surface area contributed by atoms with Gasteiger partial charge >= 0.3 is 11.1 Å². The van der Waals surface area contributed by atoms with Gasteiger partial charge in [0, 0.05) is 18.1 Å². The summed E-state index contributed by atoms with van der Waals surface area (Å²) < 4.78 is 1.34. The normalized spacial score (nSPS) is 10.8. The summed E-state index contributed by atoms with van der Waals surface area (Å²) in [6.45, 7) is 4.21. The second-order valence-corrected chi connectivity index (χ2v) is 4.21. The van der Waals surface area contributed by atoms with Gasteiger partial charge in [0.25, 0.3) is 0 Å². The minimum Gasteiger partial charge on any atom is -0.323 e. The van der Waals surface area contributed by atoms with Crippen LogP contribution in [0.25, 0.3) is 5.69 Å². The average molecular weight is 230 g/mol. The fourth-order valence-electron chi connectivity index (χ4n) is 1.65. The first-order valence-electron chi connectivity index (χ1n) is 5.50. The van der Waals surface area contributed by atoms with E-state index in [4.69, 9.17) is 0 Å². The molecule has 0 radical (unpaired) electrons. The smallest absolute Gasteiger partial charge is 0.320 e. The molecule has 1 aromatic carbocycles. The first-order valence-corrected chi connectivity index (χ1v) is 5.50. The van der Waals surface area contributed by atoms with Crippen molar-refractivity contribution in [1.82, 2.24) is 9.55 Å². The van der Waals surface area contributed by atoms with Gasteiger partial charge in [0.2, 0.25) is 0 Å². The molecule has 1 heterocycles.